The van der Waals surface area contributed by atoms with Crippen LogP contribution in [0, 0.1) is 0 Å². The van der Waals surface area contributed by atoms with Gasteiger partial charge in [-0.25, -0.2) is 4.79 Å². The summed E-state index contributed by atoms with van der Waals surface area (Å²) >= 11 is 0. The summed E-state index contributed by atoms with van der Waals surface area (Å²) in [6, 6.07) is 9.78. The van der Waals surface area contributed by atoms with Crippen LogP contribution in [-0.4, -0.2) is 52.5 Å². The van der Waals surface area contributed by atoms with Gasteiger partial charge in [-0.3, -0.25) is 4.79 Å². The summed E-state index contributed by atoms with van der Waals surface area (Å²) in [5.41, 5.74) is 1.48. The third-order valence-electron chi connectivity index (χ3n) is 6.68. The highest BCUT2D eigenvalue weighted by atomic mass is 16.4. The van der Waals surface area contributed by atoms with Gasteiger partial charge in [0.2, 0.25) is 0 Å². The molecule has 5 rings (SSSR count). The molecule has 1 amide bonds. The molecule has 152 valence electrons. The zero-order valence-electron chi connectivity index (χ0n) is 16.9. The Kier molecular flexibility index (Phi) is 4.66. The van der Waals surface area contributed by atoms with E-state index < -0.39 is 5.63 Å². The van der Waals surface area contributed by atoms with Crippen molar-refractivity contribution in [3.05, 3.63) is 46.4 Å². The quantitative estimate of drug-likeness (QED) is 0.627. The number of hydrogen-bond donors (Lipinski definition) is 0. The van der Waals surface area contributed by atoms with Gasteiger partial charge < -0.3 is 18.8 Å². The Balaban J connectivity index is 1.42. The fraction of sp³-hybridized carbons (Fsp3) is 0.478. The van der Waals surface area contributed by atoms with Crippen molar-refractivity contribution in [2.75, 3.05) is 26.2 Å². The van der Waals surface area contributed by atoms with Gasteiger partial charge in [-0.2, -0.15) is 0 Å². The van der Waals surface area contributed by atoms with E-state index in [0.29, 0.717) is 22.7 Å². The van der Waals surface area contributed by atoms with E-state index in [1.54, 1.807) is 12.1 Å². The van der Waals surface area contributed by atoms with E-state index >= 15 is 0 Å². The van der Waals surface area contributed by atoms with E-state index in [1.807, 2.05) is 34.7 Å². The van der Waals surface area contributed by atoms with E-state index in [9.17, 15) is 9.59 Å². The van der Waals surface area contributed by atoms with Gasteiger partial charge in [0.05, 0.1) is 10.9 Å². The first-order valence-electron chi connectivity index (χ1n) is 10.7. The van der Waals surface area contributed by atoms with Crippen LogP contribution in [0.15, 0.2) is 39.5 Å². The molecule has 6 nitrogen and oxygen atoms in total. The van der Waals surface area contributed by atoms with E-state index in [-0.39, 0.29) is 5.91 Å². The van der Waals surface area contributed by atoms with Crippen molar-refractivity contribution in [2.45, 2.75) is 38.1 Å². The molecule has 3 aromatic rings. The largest absolute Gasteiger partial charge is 0.422 e. The summed E-state index contributed by atoms with van der Waals surface area (Å²) in [5.74, 6) is 0.00396. The van der Waals surface area contributed by atoms with Crippen LogP contribution in [0.25, 0.3) is 21.9 Å². The van der Waals surface area contributed by atoms with Crippen LogP contribution in [0.3, 0.4) is 0 Å². The lowest BCUT2D eigenvalue weighted by molar-refractivity contribution is 0.0582. The Hall–Kier alpha value is -2.60. The second-order valence-electron chi connectivity index (χ2n) is 8.36. The average Bonchev–Trinajstić information content (AvgIpc) is 3.12. The number of amides is 1. The zero-order valence-corrected chi connectivity index (χ0v) is 16.9. The fourth-order valence-electron chi connectivity index (χ4n) is 5.08. The molecule has 0 saturated carbocycles. The van der Waals surface area contributed by atoms with Gasteiger partial charge in [-0.05, 0) is 57.0 Å². The normalized spacial score (nSPS) is 19.3. The molecule has 2 aliphatic rings. The van der Waals surface area contributed by atoms with Crippen LogP contribution in [0.1, 0.15) is 42.6 Å². The van der Waals surface area contributed by atoms with Gasteiger partial charge in [0.25, 0.3) is 5.91 Å². The van der Waals surface area contributed by atoms with E-state index in [2.05, 4.69) is 4.90 Å². The van der Waals surface area contributed by atoms with Crippen molar-refractivity contribution in [1.29, 1.82) is 0 Å². The molecular formula is C23H27N3O3. The molecule has 29 heavy (non-hydrogen) atoms. The van der Waals surface area contributed by atoms with Crippen molar-refractivity contribution >= 4 is 27.8 Å². The third kappa shape index (κ3) is 3.15. The second-order valence-corrected chi connectivity index (χ2v) is 8.36. The fourth-order valence-corrected chi connectivity index (χ4v) is 5.08. The molecule has 6 heteroatoms. The molecule has 0 unspecified atom stereocenters. The minimum absolute atomic E-state index is 0.00396. The topological polar surface area (TPSA) is 58.7 Å². The van der Waals surface area contributed by atoms with Crippen molar-refractivity contribution in [1.82, 2.24) is 14.4 Å². The van der Waals surface area contributed by atoms with Crippen molar-refractivity contribution in [3.8, 4) is 0 Å². The average molecular weight is 393 g/mol. The molecule has 0 spiro atoms. The second kappa shape index (κ2) is 7.34. The first-order valence-corrected chi connectivity index (χ1v) is 10.7. The summed E-state index contributed by atoms with van der Waals surface area (Å²) < 4.78 is 7.31. The number of fused-ring (bicyclic) bond motifs is 3. The Morgan fingerprint density at radius 1 is 1.00 bits per heavy atom. The van der Waals surface area contributed by atoms with E-state index in [4.69, 9.17) is 4.42 Å². The molecule has 4 heterocycles. The maximum absolute atomic E-state index is 13.3. The Morgan fingerprint density at radius 2 is 1.72 bits per heavy atom. The molecule has 0 radical (unpaired) electrons. The maximum atomic E-state index is 13.3. The smallest absolute Gasteiger partial charge is 0.345 e. The lowest BCUT2D eigenvalue weighted by Gasteiger charge is -2.40. The van der Waals surface area contributed by atoms with Gasteiger partial charge in [0, 0.05) is 31.6 Å². The van der Waals surface area contributed by atoms with Gasteiger partial charge in [0.15, 0.2) is 0 Å². The van der Waals surface area contributed by atoms with Gasteiger partial charge in [-0.15, -0.1) is 0 Å². The predicted molar refractivity (Wildman–Crippen MR) is 113 cm³/mol. The standard InChI is InChI=1S/C23H27N3O3/c1-24-19(15-18-21(24)17-7-3-4-8-20(17)29-23(18)28)22(27)26-13-9-16(10-14-26)25-11-5-2-6-12-25/h3-4,7-8,15-16H,2,5-6,9-14H2,1H3. The molecule has 1 aromatic carbocycles. The highest BCUT2D eigenvalue weighted by molar-refractivity contribution is 6.07. The number of rotatable bonds is 2. The number of piperidine rings is 2. The molecule has 0 aliphatic carbocycles. The van der Waals surface area contributed by atoms with Crippen molar-refractivity contribution < 1.29 is 9.21 Å². The van der Waals surface area contributed by atoms with Crippen molar-refractivity contribution in [3.63, 3.8) is 0 Å². The number of aryl methyl sites for hydroxylation is 1. The van der Waals surface area contributed by atoms with Crippen LogP contribution in [-0.2, 0) is 7.05 Å². The number of nitrogens with zero attached hydrogens (tertiary/aromatic N) is 3. The molecular weight excluding hydrogens is 366 g/mol. The van der Waals surface area contributed by atoms with Crippen LogP contribution in [0.2, 0.25) is 0 Å². The molecule has 0 bridgehead atoms. The molecule has 2 saturated heterocycles. The van der Waals surface area contributed by atoms with Crippen molar-refractivity contribution in [2.24, 2.45) is 7.05 Å². The van der Waals surface area contributed by atoms with Gasteiger partial charge in [0.1, 0.15) is 11.3 Å². The molecule has 0 atom stereocenters. The van der Waals surface area contributed by atoms with Gasteiger partial charge in [-0.1, -0.05) is 18.6 Å². The summed E-state index contributed by atoms with van der Waals surface area (Å²) in [4.78, 5) is 30.3. The first kappa shape index (κ1) is 18.4. The first-order chi connectivity index (χ1) is 14.1. The molecule has 2 aromatic heterocycles. The number of likely N-dealkylation sites (tertiary alicyclic amines) is 2. The maximum Gasteiger partial charge on any atom is 0.345 e. The lowest BCUT2D eigenvalue weighted by atomic mass is 9.99. The van der Waals surface area contributed by atoms with Crippen LogP contribution < -0.4 is 5.63 Å². The number of carbonyl (C=O) groups excluding carboxylic acids is 1. The lowest BCUT2D eigenvalue weighted by Crippen LogP contribution is -2.48. The minimum atomic E-state index is -0.392. The van der Waals surface area contributed by atoms with Crippen LogP contribution in [0.4, 0.5) is 0 Å². The summed E-state index contributed by atoms with van der Waals surface area (Å²) in [6.07, 6.45) is 6.00. The zero-order chi connectivity index (χ0) is 20.0. The number of aromatic nitrogens is 1. The number of benzene rings is 1. The van der Waals surface area contributed by atoms with E-state index in [0.717, 1.165) is 36.8 Å². The molecule has 2 fully saturated rings. The van der Waals surface area contributed by atoms with Crippen LogP contribution >= 0.6 is 0 Å². The van der Waals surface area contributed by atoms with E-state index in [1.165, 1.54) is 32.4 Å². The third-order valence-corrected chi connectivity index (χ3v) is 6.68. The van der Waals surface area contributed by atoms with Gasteiger partial charge >= 0.3 is 5.63 Å². The molecule has 2 aliphatic heterocycles. The Morgan fingerprint density at radius 3 is 2.48 bits per heavy atom. The summed E-state index contributed by atoms with van der Waals surface area (Å²) in [6.45, 7) is 3.95. The highest BCUT2D eigenvalue weighted by Gasteiger charge is 2.29. The Bertz CT molecular complexity index is 1120. The number of hydrogen-bond acceptors (Lipinski definition) is 4. The predicted octanol–water partition coefficient (Wildman–Crippen LogP) is 3.38. The SMILES string of the molecule is Cn1c(C(=O)N2CCC(N3CCCCC3)CC2)cc2c(=O)oc3ccccc3c21. The highest BCUT2D eigenvalue weighted by Crippen LogP contribution is 2.27. The Labute approximate surface area is 169 Å². The minimum Gasteiger partial charge on any atom is -0.422 e. The molecule has 0 N–H and O–H groups in total. The van der Waals surface area contributed by atoms with Crippen LogP contribution in [0.5, 0.6) is 0 Å². The summed E-state index contributed by atoms with van der Waals surface area (Å²) in [7, 11) is 1.86. The summed E-state index contributed by atoms with van der Waals surface area (Å²) in [5, 5.41) is 1.32. The number of para-hydroxylation sites is 1. The monoisotopic (exact) mass is 393 g/mol. The number of carbonyl (C=O) groups is 1.